The Morgan fingerprint density at radius 2 is 2.17 bits per heavy atom. The van der Waals surface area contributed by atoms with Crippen LogP contribution in [0.4, 0.5) is 4.39 Å². The number of carbonyl (C=O) groups excluding carboxylic acids is 2. The minimum atomic E-state index is -0.635. The second kappa shape index (κ2) is 7.79. The van der Waals surface area contributed by atoms with Crippen LogP contribution in [0.25, 0.3) is 0 Å². The fourth-order valence-electron chi connectivity index (χ4n) is 2.45. The summed E-state index contributed by atoms with van der Waals surface area (Å²) in [6.07, 6.45) is 0. The van der Waals surface area contributed by atoms with Gasteiger partial charge in [0.05, 0.1) is 5.75 Å². The van der Waals surface area contributed by atoms with E-state index in [0.29, 0.717) is 12.1 Å². The largest absolute Gasteiger partial charge is 0.353 e. The SMILES string of the molecule is C[C@H](C(=O)NCCN(C)C)N1C(=O)CS[C@H]1c1ccccc1F. The molecule has 2 rings (SSSR count). The second-order valence-electron chi connectivity index (χ2n) is 5.76. The molecule has 5 nitrogen and oxygen atoms in total. The van der Waals surface area contributed by atoms with Gasteiger partial charge in [0.2, 0.25) is 11.8 Å². The predicted molar refractivity (Wildman–Crippen MR) is 89.5 cm³/mol. The predicted octanol–water partition coefficient (Wildman–Crippen LogP) is 1.47. The lowest BCUT2D eigenvalue weighted by atomic mass is 10.1. The summed E-state index contributed by atoms with van der Waals surface area (Å²) < 4.78 is 14.0. The number of nitrogens with one attached hydrogen (secondary N) is 1. The van der Waals surface area contributed by atoms with Crippen LogP contribution < -0.4 is 5.32 Å². The molecule has 0 bridgehead atoms. The molecule has 1 aliphatic rings. The molecule has 0 spiro atoms. The van der Waals surface area contributed by atoms with Crippen molar-refractivity contribution in [1.29, 1.82) is 0 Å². The van der Waals surface area contributed by atoms with E-state index in [1.807, 2.05) is 19.0 Å². The van der Waals surface area contributed by atoms with Crippen molar-refractivity contribution < 1.29 is 14.0 Å². The van der Waals surface area contributed by atoms with Gasteiger partial charge in [-0.3, -0.25) is 9.59 Å². The first-order valence-corrected chi connectivity index (χ1v) is 8.56. The maximum absolute atomic E-state index is 14.0. The lowest BCUT2D eigenvalue weighted by molar-refractivity contribution is -0.137. The van der Waals surface area contributed by atoms with E-state index in [1.54, 1.807) is 25.1 Å². The zero-order valence-corrected chi connectivity index (χ0v) is 14.4. The number of amides is 2. The molecule has 0 radical (unpaired) electrons. The third-order valence-corrected chi connectivity index (χ3v) is 4.94. The van der Waals surface area contributed by atoms with Crippen LogP contribution in [0.5, 0.6) is 0 Å². The number of hydrogen-bond acceptors (Lipinski definition) is 4. The zero-order valence-electron chi connectivity index (χ0n) is 13.6. The van der Waals surface area contributed by atoms with Gasteiger partial charge in [-0.15, -0.1) is 11.8 Å². The van der Waals surface area contributed by atoms with Gasteiger partial charge in [0.15, 0.2) is 0 Å². The highest BCUT2D eigenvalue weighted by atomic mass is 32.2. The van der Waals surface area contributed by atoms with Gasteiger partial charge in [0.25, 0.3) is 0 Å². The first-order valence-electron chi connectivity index (χ1n) is 7.51. The molecule has 1 N–H and O–H groups in total. The minimum Gasteiger partial charge on any atom is -0.353 e. The maximum Gasteiger partial charge on any atom is 0.242 e. The van der Waals surface area contributed by atoms with E-state index in [-0.39, 0.29) is 23.4 Å². The van der Waals surface area contributed by atoms with Crippen molar-refractivity contribution in [2.24, 2.45) is 0 Å². The Morgan fingerprint density at radius 1 is 1.48 bits per heavy atom. The van der Waals surface area contributed by atoms with Crippen molar-refractivity contribution in [2.45, 2.75) is 18.3 Å². The van der Waals surface area contributed by atoms with Crippen LogP contribution in [0.15, 0.2) is 24.3 Å². The Bertz CT molecular complexity index is 582. The molecular weight excluding hydrogens is 317 g/mol. The quantitative estimate of drug-likeness (QED) is 0.853. The number of thioether (sulfide) groups is 1. The van der Waals surface area contributed by atoms with Crippen LogP contribution in [-0.4, -0.2) is 60.6 Å². The monoisotopic (exact) mass is 339 g/mol. The van der Waals surface area contributed by atoms with Crippen LogP contribution in [0.2, 0.25) is 0 Å². The molecule has 1 heterocycles. The van der Waals surface area contributed by atoms with Gasteiger partial charge in [-0.1, -0.05) is 18.2 Å². The first-order chi connectivity index (χ1) is 10.9. The fraction of sp³-hybridized carbons (Fsp3) is 0.500. The molecule has 126 valence electrons. The van der Waals surface area contributed by atoms with Crippen molar-refractivity contribution in [2.75, 3.05) is 32.9 Å². The molecule has 7 heteroatoms. The molecule has 1 aromatic rings. The molecule has 1 saturated heterocycles. The molecule has 1 aliphatic heterocycles. The molecular formula is C16H22FN3O2S. The van der Waals surface area contributed by atoms with E-state index >= 15 is 0 Å². The van der Waals surface area contributed by atoms with E-state index in [4.69, 9.17) is 0 Å². The number of halogens is 1. The van der Waals surface area contributed by atoms with Gasteiger partial charge in [0, 0.05) is 18.7 Å². The van der Waals surface area contributed by atoms with Crippen molar-refractivity contribution in [1.82, 2.24) is 15.1 Å². The molecule has 0 aliphatic carbocycles. The van der Waals surface area contributed by atoms with Gasteiger partial charge in [-0.2, -0.15) is 0 Å². The average molecular weight is 339 g/mol. The van der Waals surface area contributed by atoms with Crippen LogP contribution in [0.1, 0.15) is 17.9 Å². The highest BCUT2D eigenvalue weighted by molar-refractivity contribution is 8.00. The summed E-state index contributed by atoms with van der Waals surface area (Å²) in [5.74, 6) is -0.457. The van der Waals surface area contributed by atoms with E-state index in [1.165, 1.54) is 22.7 Å². The number of nitrogens with zero attached hydrogens (tertiary/aromatic N) is 2. The lowest BCUT2D eigenvalue weighted by Gasteiger charge is -2.29. The van der Waals surface area contributed by atoms with Gasteiger partial charge in [0.1, 0.15) is 17.2 Å². The standard InChI is InChI=1S/C16H22FN3O2S/c1-11(15(22)18-8-9-19(2)3)20-14(21)10-23-16(20)12-6-4-5-7-13(12)17/h4-7,11,16H,8-10H2,1-3H3,(H,18,22)/t11-,16+/m1/s1. The summed E-state index contributed by atoms with van der Waals surface area (Å²) in [5, 5.41) is 2.36. The Labute approximate surface area is 140 Å². The third kappa shape index (κ3) is 4.23. The first kappa shape index (κ1) is 17.7. The average Bonchev–Trinajstić information content (AvgIpc) is 2.88. The van der Waals surface area contributed by atoms with Crippen molar-refractivity contribution in [3.8, 4) is 0 Å². The maximum atomic E-state index is 14.0. The molecule has 23 heavy (non-hydrogen) atoms. The summed E-state index contributed by atoms with van der Waals surface area (Å²) in [4.78, 5) is 27.9. The topological polar surface area (TPSA) is 52.7 Å². The number of hydrogen-bond donors (Lipinski definition) is 1. The number of benzene rings is 1. The lowest BCUT2D eigenvalue weighted by Crippen LogP contribution is -2.48. The number of likely N-dealkylation sites (N-methyl/N-ethyl adjacent to an activating group) is 1. The fourth-order valence-corrected chi connectivity index (χ4v) is 3.73. The van der Waals surface area contributed by atoms with Crippen molar-refractivity contribution in [3.63, 3.8) is 0 Å². The van der Waals surface area contributed by atoms with Crippen LogP contribution in [0.3, 0.4) is 0 Å². The van der Waals surface area contributed by atoms with Crippen LogP contribution in [0, 0.1) is 5.82 Å². The molecule has 2 atom stereocenters. The van der Waals surface area contributed by atoms with Gasteiger partial charge >= 0.3 is 0 Å². The smallest absolute Gasteiger partial charge is 0.242 e. The van der Waals surface area contributed by atoms with E-state index in [2.05, 4.69) is 5.32 Å². The third-order valence-electron chi connectivity index (χ3n) is 3.73. The van der Waals surface area contributed by atoms with Gasteiger partial charge < -0.3 is 15.1 Å². The summed E-state index contributed by atoms with van der Waals surface area (Å²) in [5.41, 5.74) is 0.441. The normalized spacial score (nSPS) is 19.3. The Morgan fingerprint density at radius 3 is 2.83 bits per heavy atom. The van der Waals surface area contributed by atoms with Crippen molar-refractivity contribution >= 4 is 23.6 Å². The Kier molecular flexibility index (Phi) is 6.01. The molecule has 2 amide bonds. The summed E-state index contributed by atoms with van der Waals surface area (Å²) >= 11 is 1.35. The second-order valence-corrected chi connectivity index (χ2v) is 6.82. The molecule has 0 aromatic heterocycles. The Balaban J connectivity index is 2.10. The zero-order chi connectivity index (χ0) is 17.0. The van der Waals surface area contributed by atoms with E-state index < -0.39 is 11.4 Å². The highest BCUT2D eigenvalue weighted by Crippen LogP contribution is 2.40. The van der Waals surface area contributed by atoms with Gasteiger partial charge in [-0.25, -0.2) is 4.39 Å². The molecule has 0 unspecified atom stereocenters. The molecule has 0 saturated carbocycles. The summed E-state index contributed by atoms with van der Waals surface area (Å²) in [6, 6.07) is 5.75. The minimum absolute atomic E-state index is 0.140. The van der Waals surface area contributed by atoms with Crippen LogP contribution >= 0.6 is 11.8 Å². The number of carbonyl (C=O) groups is 2. The Hall–Kier alpha value is -1.60. The van der Waals surface area contributed by atoms with E-state index in [0.717, 1.165) is 6.54 Å². The molecule has 1 fully saturated rings. The van der Waals surface area contributed by atoms with Crippen molar-refractivity contribution in [3.05, 3.63) is 35.6 Å². The highest BCUT2D eigenvalue weighted by Gasteiger charge is 2.39. The van der Waals surface area contributed by atoms with Gasteiger partial charge in [-0.05, 0) is 27.1 Å². The van der Waals surface area contributed by atoms with Crippen LogP contribution in [-0.2, 0) is 9.59 Å². The summed E-state index contributed by atoms with van der Waals surface area (Å²) in [6.45, 7) is 2.91. The number of rotatable bonds is 6. The van der Waals surface area contributed by atoms with E-state index in [9.17, 15) is 14.0 Å². The molecule has 1 aromatic carbocycles. The summed E-state index contributed by atoms with van der Waals surface area (Å²) in [7, 11) is 3.84.